The van der Waals surface area contributed by atoms with Gasteiger partial charge in [-0.3, -0.25) is 0 Å². The first-order valence-corrected chi connectivity index (χ1v) is 15.0. The summed E-state index contributed by atoms with van der Waals surface area (Å²) in [5, 5.41) is 26.3. The fourth-order valence-electron chi connectivity index (χ4n) is 4.52. The van der Waals surface area contributed by atoms with E-state index in [4.69, 9.17) is 19.5 Å². The van der Waals surface area contributed by atoms with E-state index in [-0.39, 0.29) is 50.8 Å². The van der Waals surface area contributed by atoms with E-state index in [1.54, 1.807) is 19.2 Å². The maximum Gasteiger partial charge on any atom is 0.407 e. The molecule has 3 rings (SSSR count). The number of nitriles is 1. The van der Waals surface area contributed by atoms with E-state index in [1.165, 1.54) is 16.4 Å². The topological polar surface area (TPSA) is 150 Å². The molecule has 2 atom stereocenters. The lowest BCUT2D eigenvalue weighted by Gasteiger charge is -2.35. The summed E-state index contributed by atoms with van der Waals surface area (Å²) in [6, 6.07) is 16.9. The number of aliphatic hydroxyl groups excluding tert-OH is 1. The SMILES string of the molecule is CNc1cccc(S(=O)(=O)N(CC(O)[C@H](Cc2ccccc2)NC(=O)OC2COCOC2)CC(C)(C)CCC#N)c1. The maximum atomic E-state index is 13.9. The van der Waals surface area contributed by atoms with Gasteiger partial charge in [0.1, 0.15) is 6.79 Å². The Morgan fingerprint density at radius 1 is 1.20 bits per heavy atom. The third-order valence-electron chi connectivity index (χ3n) is 6.78. The average Bonchev–Trinajstić information content (AvgIpc) is 2.96. The van der Waals surface area contributed by atoms with Gasteiger partial charge in [0.15, 0.2) is 6.10 Å². The van der Waals surface area contributed by atoms with Crippen LogP contribution in [0.5, 0.6) is 0 Å². The van der Waals surface area contributed by atoms with Crippen molar-refractivity contribution in [3.8, 4) is 6.07 Å². The number of benzene rings is 2. The molecule has 0 saturated carbocycles. The van der Waals surface area contributed by atoms with Crippen molar-refractivity contribution < 1.29 is 32.5 Å². The molecule has 1 fully saturated rings. The van der Waals surface area contributed by atoms with Crippen molar-refractivity contribution in [3.63, 3.8) is 0 Å². The zero-order valence-electron chi connectivity index (χ0n) is 23.8. The summed E-state index contributed by atoms with van der Waals surface area (Å²) < 4.78 is 44.9. The molecule has 0 radical (unpaired) electrons. The van der Waals surface area contributed by atoms with Crippen LogP contribution >= 0.6 is 0 Å². The van der Waals surface area contributed by atoms with Crippen molar-refractivity contribution in [1.82, 2.24) is 9.62 Å². The number of ether oxygens (including phenoxy) is 3. The molecule has 2 aromatic rings. The Bertz CT molecular complexity index is 1260. The Morgan fingerprint density at radius 2 is 1.90 bits per heavy atom. The molecule has 41 heavy (non-hydrogen) atoms. The summed E-state index contributed by atoms with van der Waals surface area (Å²) in [5.74, 6) is 0. The third kappa shape index (κ3) is 9.98. The predicted octanol–water partition coefficient (Wildman–Crippen LogP) is 3.12. The quantitative estimate of drug-likeness (QED) is 0.302. The molecule has 0 aliphatic carbocycles. The number of sulfonamides is 1. The first kappa shape index (κ1) is 32.3. The Labute approximate surface area is 242 Å². The van der Waals surface area contributed by atoms with Crippen molar-refractivity contribution in [2.24, 2.45) is 5.41 Å². The number of alkyl carbamates (subject to hydrolysis) is 1. The van der Waals surface area contributed by atoms with E-state index in [0.717, 1.165) is 5.56 Å². The van der Waals surface area contributed by atoms with Gasteiger partial charge in [-0.25, -0.2) is 13.2 Å². The van der Waals surface area contributed by atoms with Crippen LogP contribution in [0.4, 0.5) is 10.5 Å². The van der Waals surface area contributed by atoms with Crippen molar-refractivity contribution in [1.29, 1.82) is 5.26 Å². The fraction of sp³-hybridized carbons (Fsp3) is 0.517. The van der Waals surface area contributed by atoms with Crippen LogP contribution in [0.1, 0.15) is 32.3 Å². The monoisotopic (exact) mass is 588 g/mol. The van der Waals surface area contributed by atoms with E-state index in [0.29, 0.717) is 12.1 Å². The summed E-state index contributed by atoms with van der Waals surface area (Å²) in [6.07, 6.45) is -1.71. The second kappa shape index (κ2) is 15.1. The molecule has 1 aliphatic rings. The highest BCUT2D eigenvalue weighted by molar-refractivity contribution is 7.89. The number of aliphatic hydroxyl groups is 1. The van der Waals surface area contributed by atoms with Gasteiger partial charge in [-0.1, -0.05) is 50.2 Å². The number of amides is 1. The van der Waals surface area contributed by atoms with Crippen LogP contribution in [0.15, 0.2) is 59.5 Å². The van der Waals surface area contributed by atoms with Gasteiger partial charge in [0.25, 0.3) is 0 Å². The summed E-state index contributed by atoms with van der Waals surface area (Å²) in [4.78, 5) is 12.9. The first-order valence-electron chi connectivity index (χ1n) is 13.5. The molecule has 0 bridgehead atoms. The van der Waals surface area contributed by atoms with Crippen LogP contribution in [0.25, 0.3) is 0 Å². The van der Waals surface area contributed by atoms with Gasteiger partial charge in [0, 0.05) is 32.2 Å². The molecule has 0 aromatic heterocycles. The van der Waals surface area contributed by atoms with Crippen LogP contribution in [0.3, 0.4) is 0 Å². The lowest BCUT2D eigenvalue weighted by atomic mass is 9.88. The number of rotatable bonds is 14. The number of nitrogens with zero attached hydrogens (tertiary/aromatic N) is 2. The van der Waals surface area contributed by atoms with Crippen LogP contribution in [-0.2, 0) is 30.7 Å². The molecule has 12 heteroatoms. The van der Waals surface area contributed by atoms with Crippen LogP contribution in [0, 0.1) is 16.7 Å². The van der Waals surface area contributed by atoms with E-state index < -0.39 is 39.8 Å². The van der Waals surface area contributed by atoms with Crippen molar-refractivity contribution in [3.05, 3.63) is 60.2 Å². The number of hydrogen-bond acceptors (Lipinski definition) is 9. The minimum absolute atomic E-state index is 0.0527. The van der Waals surface area contributed by atoms with Gasteiger partial charge >= 0.3 is 6.09 Å². The van der Waals surface area contributed by atoms with Crippen molar-refractivity contribution in [2.75, 3.05) is 45.5 Å². The van der Waals surface area contributed by atoms with Gasteiger partial charge in [-0.05, 0) is 42.0 Å². The standard InChI is InChI=1S/C29H40N4O7S/c1-29(2,13-8-14-30)20-33(41(36,37)25-12-7-11-23(16-25)31-3)17-27(34)26(15-22-9-5-4-6-10-22)32-28(35)40-24-18-38-21-39-19-24/h4-7,9-12,16,24,26-27,31,34H,8,13,15,17-21H2,1-3H3,(H,32,35)/t26-,27?/m0/s1. The summed E-state index contributed by atoms with van der Waals surface area (Å²) >= 11 is 0. The fourth-order valence-corrected chi connectivity index (χ4v) is 6.21. The highest BCUT2D eigenvalue weighted by Gasteiger charge is 2.35. The molecule has 11 nitrogen and oxygen atoms in total. The van der Waals surface area contributed by atoms with E-state index in [1.807, 2.05) is 44.2 Å². The number of carbonyl (C=O) groups is 1. The lowest BCUT2D eigenvalue weighted by molar-refractivity contribution is -0.151. The van der Waals surface area contributed by atoms with Crippen molar-refractivity contribution in [2.45, 2.75) is 56.3 Å². The molecule has 1 heterocycles. The van der Waals surface area contributed by atoms with Gasteiger partial charge in [-0.2, -0.15) is 9.57 Å². The summed E-state index contributed by atoms with van der Waals surface area (Å²) in [5.41, 5.74) is 0.898. The van der Waals surface area contributed by atoms with E-state index in [9.17, 15) is 18.3 Å². The highest BCUT2D eigenvalue weighted by atomic mass is 32.2. The lowest BCUT2D eigenvalue weighted by Crippen LogP contribution is -2.52. The van der Waals surface area contributed by atoms with Crippen LogP contribution < -0.4 is 10.6 Å². The summed E-state index contributed by atoms with van der Waals surface area (Å²) in [6.45, 7) is 4.03. The molecular weight excluding hydrogens is 548 g/mol. The second-order valence-electron chi connectivity index (χ2n) is 10.8. The van der Waals surface area contributed by atoms with Crippen LogP contribution in [-0.4, -0.2) is 82.3 Å². The number of carbonyl (C=O) groups excluding carboxylic acids is 1. The van der Waals surface area contributed by atoms with E-state index in [2.05, 4.69) is 16.7 Å². The second-order valence-corrected chi connectivity index (χ2v) is 12.7. The van der Waals surface area contributed by atoms with Gasteiger partial charge < -0.3 is 30.0 Å². The summed E-state index contributed by atoms with van der Waals surface area (Å²) in [7, 11) is -2.37. The van der Waals surface area contributed by atoms with Gasteiger partial charge in [0.05, 0.1) is 36.3 Å². The van der Waals surface area contributed by atoms with Crippen molar-refractivity contribution >= 4 is 21.8 Å². The Hall–Kier alpha value is -3.21. The highest BCUT2D eigenvalue weighted by Crippen LogP contribution is 2.28. The average molecular weight is 589 g/mol. The predicted molar refractivity (Wildman–Crippen MR) is 153 cm³/mol. The molecule has 2 aromatic carbocycles. The normalized spacial score (nSPS) is 16.0. The largest absolute Gasteiger partial charge is 0.441 e. The minimum Gasteiger partial charge on any atom is -0.441 e. The van der Waals surface area contributed by atoms with Gasteiger partial charge in [0.2, 0.25) is 10.0 Å². The molecular formula is C29H40N4O7S. The molecule has 0 spiro atoms. The zero-order chi connectivity index (χ0) is 29.9. The number of hydrogen-bond donors (Lipinski definition) is 3. The molecule has 224 valence electrons. The molecule has 3 N–H and O–H groups in total. The molecule has 1 unspecified atom stereocenters. The first-order chi connectivity index (χ1) is 19.5. The smallest absolute Gasteiger partial charge is 0.407 e. The zero-order valence-corrected chi connectivity index (χ0v) is 24.6. The number of nitrogens with one attached hydrogen (secondary N) is 2. The Balaban J connectivity index is 1.88. The van der Waals surface area contributed by atoms with E-state index >= 15 is 0 Å². The number of anilines is 1. The molecule has 1 amide bonds. The minimum atomic E-state index is -4.07. The maximum absolute atomic E-state index is 13.9. The Kier molecular flexibility index (Phi) is 11.9. The third-order valence-corrected chi connectivity index (χ3v) is 8.59. The van der Waals surface area contributed by atoms with Gasteiger partial charge in [-0.15, -0.1) is 0 Å². The molecule has 1 saturated heterocycles. The Morgan fingerprint density at radius 3 is 2.56 bits per heavy atom. The van der Waals surface area contributed by atoms with Crippen LogP contribution in [0.2, 0.25) is 0 Å². The molecule has 1 aliphatic heterocycles.